The summed E-state index contributed by atoms with van der Waals surface area (Å²) in [4.78, 5) is 25.9. The van der Waals surface area contributed by atoms with E-state index >= 15 is 0 Å². The number of alkyl halides is 3. The zero-order chi connectivity index (χ0) is 15.1. The third-order valence-electron chi connectivity index (χ3n) is 2.79. The fraction of sp³-hybridized carbons (Fsp3) is 0.333. The number of aromatic amines is 1. The van der Waals surface area contributed by atoms with Gasteiger partial charge in [-0.25, -0.2) is 4.79 Å². The maximum absolute atomic E-state index is 12.8. The van der Waals surface area contributed by atoms with Gasteiger partial charge in [0.1, 0.15) is 0 Å². The molecule has 0 saturated carbocycles. The largest absolute Gasteiger partial charge is 0.418 e. The van der Waals surface area contributed by atoms with Gasteiger partial charge in [-0.05, 0) is 19.1 Å². The smallest absolute Gasteiger partial charge is 0.326 e. The van der Waals surface area contributed by atoms with Crippen LogP contribution >= 0.6 is 0 Å². The molecule has 8 heteroatoms. The van der Waals surface area contributed by atoms with Crippen LogP contribution in [-0.2, 0) is 12.7 Å². The third kappa shape index (κ3) is 2.46. The van der Waals surface area contributed by atoms with Crippen molar-refractivity contribution >= 4 is 10.9 Å². The van der Waals surface area contributed by atoms with Crippen molar-refractivity contribution in [2.75, 3.05) is 0 Å². The number of hydrogen-bond donors (Lipinski definition) is 2. The highest BCUT2D eigenvalue weighted by atomic mass is 19.4. The van der Waals surface area contributed by atoms with Crippen LogP contribution in [-0.4, -0.2) is 15.6 Å². The van der Waals surface area contributed by atoms with Gasteiger partial charge in [0.2, 0.25) is 0 Å². The Morgan fingerprint density at radius 2 is 2.00 bits per heavy atom. The van der Waals surface area contributed by atoms with Gasteiger partial charge < -0.3 is 10.7 Å². The molecule has 0 radical (unpaired) electrons. The van der Waals surface area contributed by atoms with Crippen LogP contribution in [0.3, 0.4) is 0 Å². The lowest BCUT2D eigenvalue weighted by Gasteiger charge is -2.12. The van der Waals surface area contributed by atoms with Gasteiger partial charge >= 0.3 is 11.9 Å². The third-order valence-corrected chi connectivity index (χ3v) is 2.79. The summed E-state index contributed by atoms with van der Waals surface area (Å²) in [6, 6.07) is 2.70. The molecule has 0 aliphatic heterocycles. The van der Waals surface area contributed by atoms with Crippen LogP contribution in [0.1, 0.15) is 12.5 Å². The zero-order valence-electron chi connectivity index (χ0n) is 10.5. The molecule has 1 heterocycles. The topological polar surface area (TPSA) is 80.9 Å². The fourth-order valence-electron chi connectivity index (χ4n) is 1.97. The van der Waals surface area contributed by atoms with Crippen LogP contribution in [0.25, 0.3) is 10.9 Å². The van der Waals surface area contributed by atoms with Crippen LogP contribution in [0.5, 0.6) is 0 Å². The van der Waals surface area contributed by atoms with Gasteiger partial charge in [0, 0.05) is 12.6 Å². The Hall–Kier alpha value is -2.09. The molecule has 2 aromatic rings. The SMILES string of the molecule is CC(N)Cn1c(=O)[nH]c2c(C(F)(F)F)cccc2c1=O. The number of fused-ring (bicyclic) bond motifs is 1. The maximum atomic E-state index is 12.8. The Labute approximate surface area is 110 Å². The molecule has 1 atom stereocenters. The minimum atomic E-state index is -4.65. The highest BCUT2D eigenvalue weighted by molar-refractivity contribution is 5.81. The number of H-pyrrole nitrogens is 1. The summed E-state index contributed by atoms with van der Waals surface area (Å²) >= 11 is 0. The van der Waals surface area contributed by atoms with Crippen molar-refractivity contribution in [2.24, 2.45) is 5.73 Å². The monoisotopic (exact) mass is 287 g/mol. The highest BCUT2D eigenvalue weighted by Crippen LogP contribution is 2.32. The maximum Gasteiger partial charge on any atom is 0.418 e. The number of benzene rings is 1. The Morgan fingerprint density at radius 3 is 2.55 bits per heavy atom. The summed E-state index contributed by atoms with van der Waals surface area (Å²) < 4.78 is 39.3. The Morgan fingerprint density at radius 1 is 1.35 bits per heavy atom. The molecule has 1 aromatic heterocycles. The molecule has 5 nitrogen and oxygen atoms in total. The average Bonchev–Trinajstić information content (AvgIpc) is 2.32. The van der Waals surface area contributed by atoms with Crippen molar-refractivity contribution in [2.45, 2.75) is 25.7 Å². The predicted octanol–water partition coefficient (Wildman–Crippen LogP) is 1.06. The lowest BCUT2D eigenvalue weighted by atomic mass is 10.1. The van der Waals surface area contributed by atoms with E-state index in [-0.39, 0.29) is 11.9 Å². The van der Waals surface area contributed by atoms with Crippen molar-refractivity contribution in [1.29, 1.82) is 0 Å². The zero-order valence-corrected chi connectivity index (χ0v) is 10.5. The number of halogens is 3. The molecular formula is C12H12F3N3O2. The second-order valence-electron chi connectivity index (χ2n) is 4.55. The van der Waals surface area contributed by atoms with E-state index in [9.17, 15) is 22.8 Å². The van der Waals surface area contributed by atoms with E-state index in [0.29, 0.717) is 0 Å². The average molecular weight is 287 g/mol. The first-order valence-corrected chi connectivity index (χ1v) is 5.80. The summed E-state index contributed by atoms with van der Waals surface area (Å²) in [5.41, 5.74) is 2.27. The van der Waals surface area contributed by atoms with E-state index in [1.54, 1.807) is 6.92 Å². The number of nitrogens with two attached hydrogens (primary N) is 1. The van der Waals surface area contributed by atoms with Crippen LogP contribution in [0.4, 0.5) is 13.2 Å². The van der Waals surface area contributed by atoms with E-state index in [1.807, 2.05) is 0 Å². The van der Waals surface area contributed by atoms with E-state index in [4.69, 9.17) is 5.73 Å². The Bertz CT molecular complexity index is 759. The van der Waals surface area contributed by atoms with Gasteiger partial charge in [0.15, 0.2) is 0 Å². The number of nitrogens with one attached hydrogen (secondary N) is 1. The molecule has 108 valence electrons. The number of hydrogen-bond acceptors (Lipinski definition) is 3. The first kappa shape index (κ1) is 14.3. The van der Waals surface area contributed by atoms with Gasteiger partial charge in [-0.3, -0.25) is 9.36 Å². The second-order valence-corrected chi connectivity index (χ2v) is 4.55. The molecule has 2 rings (SSSR count). The van der Waals surface area contributed by atoms with Crippen molar-refractivity contribution in [3.8, 4) is 0 Å². The lowest BCUT2D eigenvalue weighted by Crippen LogP contribution is -2.40. The molecule has 0 bridgehead atoms. The molecule has 0 aliphatic rings. The minimum absolute atomic E-state index is 0.0691. The summed E-state index contributed by atoms with van der Waals surface area (Å²) in [6.45, 7) is 1.52. The van der Waals surface area contributed by atoms with Crippen molar-refractivity contribution in [3.63, 3.8) is 0 Å². The van der Waals surface area contributed by atoms with E-state index in [0.717, 1.165) is 16.7 Å². The van der Waals surface area contributed by atoms with Crippen LogP contribution in [0.15, 0.2) is 27.8 Å². The number of rotatable bonds is 2. The molecule has 0 fully saturated rings. The lowest BCUT2D eigenvalue weighted by molar-refractivity contribution is -0.136. The molecule has 0 saturated heterocycles. The molecular weight excluding hydrogens is 275 g/mol. The van der Waals surface area contributed by atoms with Crippen LogP contribution in [0.2, 0.25) is 0 Å². The minimum Gasteiger partial charge on any atom is -0.326 e. The molecule has 1 unspecified atom stereocenters. The van der Waals surface area contributed by atoms with E-state index in [1.165, 1.54) is 6.07 Å². The molecule has 0 aliphatic carbocycles. The molecule has 20 heavy (non-hydrogen) atoms. The van der Waals surface area contributed by atoms with Gasteiger partial charge in [-0.1, -0.05) is 6.07 Å². The molecule has 0 amide bonds. The normalized spacial score (nSPS) is 13.7. The summed E-state index contributed by atoms with van der Waals surface area (Å²) in [5, 5.41) is -0.194. The van der Waals surface area contributed by atoms with Gasteiger partial charge in [-0.15, -0.1) is 0 Å². The van der Waals surface area contributed by atoms with Crippen molar-refractivity contribution in [3.05, 3.63) is 44.6 Å². The predicted molar refractivity (Wildman–Crippen MR) is 67.5 cm³/mol. The summed E-state index contributed by atoms with van der Waals surface area (Å²) in [5.74, 6) is 0. The standard InChI is InChI=1S/C12H12F3N3O2/c1-6(16)5-18-10(19)7-3-2-4-8(12(13,14)15)9(7)17-11(18)20/h2-4,6H,5,16H2,1H3,(H,17,20). The van der Waals surface area contributed by atoms with Gasteiger partial charge in [0.05, 0.1) is 16.5 Å². The quantitative estimate of drug-likeness (QED) is 0.866. The number of nitrogens with zero attached hydrogens (tertiary/aromatic N) is 1. The van der Waals surface area contributed by atoms with Gasteiger partial charge in [-0.2, -0.15) is 13.2 Å². The summed E-state index contributed by atoms with van der Waals surface area (Å²) in [6.07, 6.45) is -4.65. The van der Waals surface area contributed by atoms with Crippen molar-refractivity contribution < 1.29 is 13.2 Å². The number of aromatic nitrogens is 2. The number of para-hydroxylation sites is 1. The van der Waals surface area contributed by atoms with Crippen molar-refractivity contribution in [1.82, 2.24) is 9.55 Å². The Kier molecular flexibility index (Phi) is 3.43. The molecule has 0 spiro atoms. The summed E-state index contributed by atoms with van der Waals surface area (Å²) in [7, 11) is 0. The fourth-order valence-corrected chi connectivity index (χ4v) is 1.97. The molecule has 3 N–H and O–H groups in total. The first-order valence-electron chi connectivity index (χ1n) is 5.80. The van der Waals surface area contributed by atoms with E-state index < -0.39 is 34.5 Å². The van der Waals surface area contributed by atoms with Crippen LogP contribution in [0, 0.1) is 0 Å². The second kappa shape index (κ2) is 4.78. The highest BCUT2D eigenvalue weighted by Gasteiger charge is 2.33. The van der Waals surface area contributed by atoms with Gasteiger partial charge in [0.25, 0.3) is 5.56 Å². The van der Waals surface area contributed by atoms with E-state index in [2.05, 4.69) is 4.98 Å². The Balaban J connectivity index is 2.84. The first-order chi connectivity index (χ1) is 9.21. The molecule has 1 aromatic carbocycles. The van der Waals surface area contributed by atoms with Crippen LogP contribution < -0.4 is 17.0 Å².